The van der Waals surface area contributed by atoms with E-state index in [9.17, 15) is 9.59 Å². The number of carbonyl (C=O) groups is 2. The van der Waals surface area contributed by atoms with Crippen LogP contribution < -0.4 is 25.4 Å². The monoisotopic (exact) mass is 427 g/mol. The molecule has 0 bridgehead atoms. The minimum Gasteiger partial charge on any atom is -0.497 e. The minimum absolute atomic E-state index is 0.111. The average Bonchev–Trinajstić information content (AvgIpc) is 2.73. The van der Waals surface area contributed by atoms with Gasteiger partial charge in [0.25, 0.3) is 0 Å². The first-order chi connectivity index (χ1) is 14.3. The van der Waals surface area contributed by atoms with Gasteiger partial charge in [-0.2, -0.15) is 0 Å². The van der Waals surface area contributed by atoms with Crippen LogP contribution in [0.15, 0.2) is 48.5 Å². The van der Waals surface area contributed by atoms with E-state index in [2.05, 4.69) is 16.0 Å². The van der Waals surface area contributed by atoms with Crippen LogP contribution in [0.5, 0.6) is 11.5 Å². The molecule has 2 aromatic carbocycles. The normalized spacial score (nSPS) is 10.6. The van der Waals surface area contributed by atoms with Crippen molar-refractivity contribution in [2.75, 3.05) is 24.9 Å². The van der Waals surface area contributed by atoms with E-state index in [4.69, 9.17) is 21.7 Å². The van der Waals surface area contributed by atoms with Gasteiger partial charge in [0.2, 0.25) is 11.8 Å². The molecule has 158 valence electrons. The smallest absolute Gasteiger partial charge is 0.250 e. The predicted octanol–water partition coefficient (Wildman–Crippen LogP) is 3.82. The second-order valence-corrected chi connectivity index (χ2v) is 7.02. The Kier molecular flexibility index (Phi) is 8.37. The molecule has 0 aliphatic heterocycles. The molecule has 0 spiro atoms. The highest BCUT2D eigenvalue weighted by Gasteiger charge is 2.12. The molecule has 0 heterocycles. The van der Waals surface area contributed by atoms with Crippen LogP contribution in [0.3, 0.4) is 0 Å². The van der Waals surface area contributed by atoms with E-state index in [1.54, 1.807) is 31.4 Å². The summed E-state index contributed by atoms with van der Waals surface area (Å²) in [5.74, 6) is 0.590. The zero-order chi connectivity index (χ0) is 22.1. The molecule has 0 aliphatic carbocycles. The molecule has 30 heavy (non-hydrogen) atoms. The average molecular weight is 428 g/mol. The van der Waals surface area contributed by atoms with Crippen LogP contribution in [-0.2, 0) is 9.59 Å². The first kappa shape index (κ1) is 22.9. The fourth-order valence-corrected chi connectivity index (χ4v) is 2.57. The van der Waals surface area contributed by atoms with E-state index in [0.717, 1.165) is 11.3 Å². The molecule has 0 saturated heterocycles. The lowest BCUT2D eigenvalue weighted by molar-refractivity contribution is -0.119. The van der Waals surface area contributed by atoms with Crippen molar-refractivity contribution >= 4 is 46.6 Å². The van der Waals surface area contributed by atoms with E-state index >= 15 is 0 Å². The van der Waals surface area contributed by atoms with Gasteiger partial charge in [0.05, 0.1) is 19.9 Å². The minimum atomic E-state index is -0.365. The van der Waals surface area contributed by atoms with Gasteiger partial charge in [-0.25, -0.2) is 0 Å². The number of carbonyl (C=O) groups excluding carboxylic acids is 2. The van der Waals surface area contributed by atoms with Crippen LogP contribution in [0.2, 0.25) is 0 Å². The summed E-state index contributed by atoms with van der Waals surface area (Å²) in [6, 6.07) is 12.4. The van der Waals surface area contributed by atoms with Crippen molar-refractivity contribution in [2.24, 2.45) is 5.92 Å². The van der Waals surface area contributed by atoms with Crippen molar-refractivity contribution in [3.8, 4) is 11.5 Å². The number of hydrogen-bond acceptors (Lipinski definition) is 5. The van der Waals surface area contributed by atoms with Gasteiger partial charge in [-0.3, -0.25) is 14.9 Å². The molecule has 0 aliphatic rings. The molecule has 2 amide bonds. The van der Waals surface area contributed by atoms with E-state index < -0.39 is 0 Å². The lowest BCUT2D eigenvalue weighted by Gasteiger charge is -2.14. The molecular weight excluding hydrogens is 402 g/mol. The molecule has 0 saturated carbocycles. The van der Waals surface area contributed by atoms with Gasteiger partial charge in [0.15, 0.2) is 5.11 Å². The summed E-state index contributed by atoms with van der Waals surface area (Å²) in [6.45, 7) is 3.61. The van der Waals surface area contributed by atoms with Crippen molar-refractivity contribution in [1.29, 1.82) is 0 Å². The van der Waals surface area contributed by atoms with Gasteiger partial charge < -0.3 is 20.1 Å². The van der Waals surface area contributed by atoms with Crippen molar-refractivity contribution in [3.63, 3.8) is 0 Å². The maximum Gasteiger partial charge on any atom is 0.250 e. The number of hydrogen-bond donors (Lipinski definition) is 3. The van der Waals surface area contributed by atoms with Gasteiger partial charge >= 0.3 is 0 Å². The molecule has 0 radical (unpaired) electrons. The third kappa shape index (κ3) is 6.89. The van der Waals surface area contributed by atoms with Crippen molar-refractivity contribution < 1.29 is 19.1 Å². The predicted molar refractivity (Wildman–Crippen MR) is 123 cm³/mol. The Bertz CT molecular complexity index is 940. The fraction of sp³-hybridized carbons (Fsp3) is 0.227. The van der Waals surface area contributed by atoms with Gasteiger partial charge in [-0.1, -0.05) is 26.0 Å². The zero-order valence-electron chi connectivity index (χ0n) is 17.3. The molecule has 0 aromatic heterocycles. The molecule has 0 fully saturated rings. The number of ether oxygens (including phenoxy) is 2. The van der Waals surface area contributed by atoms with E-state index in [1.165, 1.54) is 13.2 Å². The molecule has 8 heteroatoms. The van der Waals surface area contributed by atoms with E-state index in [0.29, 0.717) is 17.1 Å². The number of benzene rings is 2. The topological polar surface area (TPSA) is 88.7 Å². The SMILES string of the molecule is COc1ccc(/C=C/C(=O)NC(=S)Nc2ccc(NC(=O)C(C)C)c(OC)c2)cc1. The summed E-state index contributed by atoms with van der Waals surface area (Å²) in [6.07, 6.45) is 3.06. The van der Waals surface area contributed by atoms with Crippen molar-refractivity contribution in [3.05, 3.63) is 54.1 Å². The van der Waals surface area contributed by atoms with Crippen LogP contribution in [0.25, 0.3) is 6.08 Å². The first-order valence-electron chi connectivity index (χ1n) is 9.25. The van der Waals surface area contributed by atoms with Crippen LogP contribution in [0, 0.1) is 5.92 Å². The van der Waals surface area contributed by atoms with E-state index in [-0.39, 0.29) is 22.8 Å². The Morgan fingerprint density at radius 3 is 2.30 bits per heavy atom. The lowest BCUT2D eigenvalue weighted by Crippen LogP contribution is -2.32. The van der Waals surface area contributed by atoms with Gasteiger partial charge in [-0.15, -0.1) is 0 Å². The Balaban J connectivity index is 1.95. The summed E-state index contributed by atoms with van der Waals surface area (Å²) in [5.41, 5.74) is 2.02. The number of thiocarbonyl (C=S) groups is 1. The number of anilines is 2. The van der Waals surface area contributed by atoms with Crippen LogP contribution in [0.4, 0.5) is 11.4 Å². The van der Waals surface area contributed by atoms with Crippen molar-refractivity contribution in [1.82, 2.24) is 5.32 Å². The van der Waals surface area contributed by atoms with E-state index in [1.807, 2.05) is 38.1 Å². The Labute approximate surface area is 181 Å². The Morgan fingerprint density at radius 2 is 1.70 bits per heavy atom. The Hall–Kier alpha value is -3.39. The number of methoxy groups -OCH3 is 2. The molecule has 2 aromatic rings. The molecule has 3 N–H and O–H groups in total. The highest BCUT2D eigenvalue weighted by molar-refractivity contribution is 7.80. The maximum absolute atomic E-state index is 12.1. The first-order valence-corrected chi connectivity index (χ1v) is 9.66. The van der Waals surface area contributed by atoms with Gasteiger partial charge in [0, 0.05) is 23.7 Å². The second-order valence-electron chi connectivity index (χ2n) is 6.61. The maximum atomic E-state index is 12.1. The van der Waals surface area contributed by atoms with Crippen LogP contribution >= 0.6 is 12.2 Å². The largest absolute Gasteiger partial charge is 0.497 e. The fourth-order valence-electron chi connectivity index (χ4n) is 2.35. The Morgan fingerprint density at radius 1 is 1.00 bits per heavy atom. The molecular formula is C22H25N3O4S. The molecule has 7 nitrogen and oxygen atoms in total. The summed E-state index contributed by atoms with van der Waals surface area (Å²) in [4.78, 5) is 24.0. The second kappa shape index (κ2) is 11.0. The summed E-state index contributed by atoms with van der Waals surface area (Å²) >= 11 is 5.19. The number of rotatable bonds is 7. The zero-order valence-corrected chi connectivity index (χ0v) is 18.1. The van der Waals surface area contributed by atoms with Crippen LogP contribution in [-0.4, -0.2) is 31.1 Å². The van der Waals surface area contributed by atoms with Crippen LogP contribution in [0.1, 0.15) is 19.4 Å². The third-order valence-corrected chi connectivity index (χ3v) is 4.23. The summed E-state index contributed by atoms with van der Waals surface area (Å²) in [7, 11) is 3.10. The van der Waals surface area contributed by atoms with Gasteiger partial charge in [0.1, 0.15) is 11.5 Å². The van der Waals surface area contributed by atoms with Crippen molar-refractivity contribution in [2.45, 2.75) is 13.8 Å². The highest BCUT2D eigenvalue weighted by atomic mass is 32.1. The number of amides is 2. The molecule has 0 atom stereocenters. The summed E-state index contributed by atoms with van der Waals surface area (Å²) < 4.78 is 10.4. The highest BCUT2D eigenvalue weighted by Crippen LogP contribution is 2.28. The summed E-state index contributed by atoms with van der Waals surface area (Å²) in [5, 5.41) is 8.44. The van der Waals surface area contributed by atoms with Gasteiger partial charge in [-0.05, 0) is 48.1 Å². The molecule has 2 rings (SSSR count). The molecule has 0 unspecified atom stereocenters. The number of nitrogens with one attached hydrogen (secondary N) is 3. The third-order valence-electron chi connectivity index (χ3n) is 4.02. The lowest BCUT2D eigenvalue weighted by atomic mass is 10.2. The quantitative estimate of drug-likeness (QED) is 0.460. The standard InChI is InChI=1S/C22H25N3O4S/c1-14(2)21(27)24-18-11-8-16(13-19(18)29-4)23-22(30)25-20(26)12-7-15-5-9-17(28-3)10-6-15/h5-14H,1-4H3,(H,24,27)(H2,23,25,26,30)/b12-7+.